The van der Waals surface area contributed by atoms with E-state index in [1.807, 2.05) is 0 Å². The first-order valence-electron chi connectivity index (χ1n) is 8.19. The van der Waals surface area contributed by atoms with Crippen molar-refractivity contribution in [1.29, 1.82) is 0 Å². The molecule has 142 valence electrons. The average molecular weight is 389 g/mol. The lowest BCUT2D eigenvalue weighted by atomic mass is 10.2. The van der Waals surface area contributed by atoms with Crippen LogP contribution < -0.4 is 20.6 Å². The van der Waals surface area contributed by atoms with Crippen LogP contribution in [0.4, 0.5) is 0 Å². The molecule has 0 atom stereocenters. The first-order chi connectivity index (χ1) is 12.8. The fourth-order valence-corrected chi connectivity index (χ4v) is 4.11. The maximum atomic E-state index is 12.6. The molecule has 3 aromatic rings. The number of nitrogens with zero attached hydrogens (tertiary/aromatic N) is 1. The molecule has 2 aromatic carbocycles. The van der Waals surface area contributed by atoms with Crippen LogP contribution in [0.1, 0.15) is 5.56 Å². The van der Waals surface area contributed by atoms with E-state index in [9.17, 15) is 18.0 Å². The zero-order chi connectivity index (χ0) is 19.6. The molecule has 1 heterocycles. The van der Waals surface area contributed by atoms with Crippen molar-refractivity contribution in [2.75, 3.05) is 13.7 Å². The number of aryl methyl sites for hydroxylation is 1. The van der Waals surface area contributed by atoms with Crippen LogP contribution in [0.15, 0.2) is 56.9 Å². The van der Waals surface area contributed by atoms with E-state index >= 15 is 0 Å². The van der Waals surface area contributed by atoms with Crippen LogP contribution in [0.25, 0.3) is 11.0 Å². The first-order valence-corrected chi connectivity index (χ1v) is 9.68. The summed E-state index contributed by atoms with van der Waals surface area (Å²) in [6.45, 7) is 1.66. The van der Waals surface area contributed by atoms with E-state index in [0.717, 1.165) is 0 Å². The molecule has 2 N–H and O–H groups in total. The predicted molar refractivity (Wildman–Crippen MR) is 102 cm³/mol. The SMILES string of the molecule is COc1ccc(S(=O)(=O)NCCn2c(=O)c(=O)[nH]c3ccccc32)c(C)c1. The molecule has 0 unspecified atom stereocenters. The molecule has 0 aliphatic carbocycles. The van der Waals surface area contributed by atoms with Gasteiger partial charge in [-0.2, -0.15) is 0 Å². The Kier molecular flexibility index (Phi) is 5.15. The first kappa shape index (κ1) is 18.9. The third-order valence-corrected chi connectivity index (χ3v) is 5.80. The number of ether oxygens (including phenoxy) is 1. The van der Waals surface area contributed by atoms with Gasteiger partial charge in [-0.3, -0.25) is 9.59 Å². The number of nitrogens with one attached hydrogen (secondary N) is 2. The number of para-hydroxylation sites is 2. The largest absolute Gasteiger partial charge is 0.497 e. The van der Waals surface area contributed by atoms with Crippen LogP contribution in [0.2, 0.25) is 0 Å². The van der Waals surface area contributed by atoms with Crippen molar-refractivity contribution in [2.24, 2.45) is 0 Å². The molecule has 1 aromatic heterocycles. The molecule has 8 nitrogen and oxygen atoms in total. The number of fused-ring (bicyclic) bond motifs is 1. The van der Waals surface area contributed by atoms with Gasteiger partial charge in [-0.15, -0.1) is 0 Å². The standard InChI is InChI=1S/C18H19N3O5S/c1-12-11-13(26-2)7-8-16(12)27(24,25)19-9-10-21-15-6-4-3-5-14(15)20-17(22)18(21)23/h3-8,11,19H,9-10H2,1-2H3,(H,20,22). The minimum Gasteiger partial charge on any atom is -0.497 e. The molecule has 0 saturated carbocycles. The summed E-state index contributed by atoms with van der Waals surface area (Å²) >= 11 is 0. The van der Waals surface area contributed by atoms with Gasteiger partial charge in [0.2, 0.25) is 10.0 Å². The van der Waals surface area contributed by atoms with Gasteiger partial charge in [0, 0.05) is 13.1 Å². The summed E-state index contributed by atoms with van der Waals surface area (Å²) in [6.07, 6.45) is 0. The highest BCUT2D eigenvalue weighted by molar-refractivity contribution is 7.89. The highest BCUT2D eigenvalue weighted by Crippen LogP contribution is 2.20. The molecule has 0 bridgehead atoms. The second kappa shape index (κ2) is 7.37. The topological polar surface area (TPSA) is 110 Å². The molecule has 0 aliphatic rings. The highest BCUT2D eigenvalue weighted by Gasteiger charge is 2.17. The van der Waals surface area contributed by atoms with E-state index in [2.05, 4.69) is 9.71 Å². The third-order valence-electron chi connectivity index (χ3n) is 4.18. The minimum atomic E-state index is -3.77. The van der Waals surface area contributed by atoms with Gasteiger partial charge < -0.3 is 14.3 Å². The van der Waals surface area contributed by atoms with Crippen molar-refractivity contribution < 1.29 is 13.2 Å². The summed E-state index contributed by atoms with van der Waals surface area (Å²) in [4.78, 5) is 26.6. The van der Waals surface area contributed by atoms with Crippen molar-refractivity contribution in [1.82, 2.24) is 14.3 Å². The molecule has 0 radical (unpaired) electrons. The lowest BCUT2D eigenvalue weighted by Gasteiger charge is -2.12. The average Bonchev–Trinajstić information content (AvgIpc) is 2.64. The highest BCUT2D eigenvalue weighted by atomic mass is 32.2. The van der Waals surface area contributed by atoms with E-state index in [-0.39, 0.29) is 18.0 Å². The molecule has 0 fully saturated rings. The van der Waals surface area contributed by atoms with Gasteiger partial charge in [-0.05, 0) is 42.8 Å². The lowest BCUT2D eigenvalue weighted by Crippen LogP contribution is -2.39. The zero-order valence-corrected chi connectivity index (χ0v) is 15.7. The van der Waals surface area contributed by atoms with Crippen LogP contribution in [0.3, 0.4) is 0 Å². The van der Waals surface area contributed by atoms with Crippen LogP contribution in [-0.2, 0) is 16.6 Å². The van der Waals surface area contributed by atoms with Gasteiger partial charge >= 0.3 is 11.1 Å². The number of hydrogen-bond donors (Lipinski definition) is 2. The van der Waals surface area contributed by atoms with Crippen molar-refractivity contribution in [3.05, 3.63) is 68.7 Å². The molecule has 0 spiro atoms. The van der Waals surface area contributed by atoms with Crippen LogP contribution in [0, 0.1) is 6.92 Å². The molecule has 3 rings (SSSR count). The predicted octanol–water partition coefficient (Wildman–Crippen LogP) is 0.985. The summed E-state index contributed by atoms with van der Waals surface area (Å²) in [7, 11) is -2.26. The molecule has 0 amide bonds. The quantitative estimate of drug-likeness (QED) is 0.611. The summed E-state index contributed by atoms with van der Waals surface area (Å²) in [5.41, 5.74) is 0.106. The number of aromatic amines is 1. The molecule has 0 saturated heterocycles. The van der Waals surface area contributed by atoms with Gasteiger partial charge in [0.25, 0.3) is 0 Å². The van der Waals surface area contributed by atoms with Gasteiger partial charge in [-0.25, -0.2) is 13.1 Å². The number of sulfonamides is 1. The minimum absolute atomic E-state index is 0.0255. The second-order valence-corrected chi connectivity index (χ2v) is 7.69. The van der Waals surface area contributed by atoms with Gasteiger partial charge in [0.05, 0.1) is 23.0 Å². The number of aromatic nitrogens is 2. The Morgan fingerprint density at radius 3 is 2.59 bits per heavy atom. The van der Waals surface area contributed by atoms with Crippen molar-refractivity contribution in [3.63, 3.8) is 0 Å². The Morgan fingerprint density at radius 1 is 1.15 bits per heavy atom. The van der Waals surface area contributed by atoms with Gasteiger partial charge in [0.15, 0.2) is 0 Å². The Hall–Kier alpha value is -2.91. The number of rotatable bonds is 6. The van der Waals surface area contributed by atoms with E-state index in [1.165, 1.54) is 17.7 Å². The van der Waals surface area contributed by atoms with E-state index in [1.54, 1.807) is 43.3 Å². The number of H-pyrrole nitrogens is 1. The Balaban J connectivity index is 1.84. The Morgan fingerprint density at radius 2 is 1.89 bits per heavy atom. The Labute approximate surface area is 155 Å². The molecular weight excluding hydrogens is 370 g/mol. The summed E-state index contributed by atoms with van der Waals surface area (Å²) in [5.74, 6) is 0.563. The summed E-state index contributed by atoms with van der Waals surface area (Å²) in [6, 6.07) is 11.5. The van der Waals surface area contributed by atoms with Crippen molar-refractivity contribution in [2.45, 2.75) is 18.4 Å². The zero-order valence-electron chi connectivity index (χ0n) is 14.9. The second-order valence-electron chi connectivity index (χ2n) is 5.96. The van der Waals surface area contributed by atoms with Gasteiger partial charge in [-0.1, -0.05) is 12.1 Å². The van der Waals surface area contributed by atoms with Crippen molar-refractivity contribution >= 4 is 21.1 Å². The molecular formula is C18H19N3O5S. The number of hydrogen-bond acceptors (Lipinski definition) is 5. The van der Waals surface area contributed by atoms with Crippen molar-refractivity contribution in [3.8, 4) is 5.75 Å². The lowest BCUT2D eigenvalue weighted by molar-refractivity contribution is 0.414. The fourth-order valence-electron chi connectivity index (χ4n) is 2.86. The smallest absolute Gasteiger partial charge is 0.316 e. The monoisotopic (exact) mass is 389 g/mol. The van der Waals surface area contributed by atoms with Crippen LogP contribution in [0.5, 0.6) is 5.75 Å². The Bertz CT molecular complexity index is 1210. The normalized spacial score (nSPS) is 11.6. The van der Waals surface area contributed by atoms with Gasteiger partial charge in [0.1, 0.15) is 5.75 Å². The molecule has 9 heteroatoms. The van der Waals surface area contributed by atoms with E-state index in [4.69, 9.17) is 4.74 Å². The summed E-state index contributed by atoms with van der Waals surface area (Å²) in [5, 5.41) is 0. The number of benzene rings is 2. The summed E-state index contributed by atoms with van der Waals surface area (Å²) < 4.78 is 33.9. The number of methoxy groups -OCH3 is 1. The van der Waals surface area contributed by atoms with Crippen LogP contribution >= 0.6 is 0 Å². The van der Waals surface area contributed by atoms with Crippen LogP contribution in [-0.4, -0.2) is 31.6 Å². The maximum Gasteiger partial charge on any atom is 0.316 e. The maximum absolute atomic E-state index is 12.6. The van der Waals surface area contributed by atoms with E-state index in [0.29, 0.717) is 22.3 Å². The fraction of sp³-hybridized carbons (Fsp3) is 0.222. The molecule has 27 heavy (non-hydrogen) atoms. The third kappa shape index (κ3) is 3.79. The van der Waals surface area contributed by atoms with E-state index < -0.39 is 21.1 Å². The molecule has 0 aliphatic heterocycles.